The summed E-state index contributed by atoms with van der Waals surface area (Å²) < 4.78 is 19.3. The van der Waals surface area contributed by atoms with E-state index in [0.29, 0.717) is 24.9 Å². The van der Waals surface area contributed by atoms with Gasteiger partial charge < -0.3 is 31.3 Å². The Hall–Kier alpha value is -4.74. The van der Waals surface area contributed by atoms with E-state index in [1.165, 1.54) is 25.3 Å². The number of methoxy groups -OCH3 is 1. The third-order valence-corrected chi connectivity index (χ3v) is 7.61. The summed E-state index contributed by atoms with van der Waals surface area (Å²) in [5.74, 6) is -2.78. The number of carbonyl (C=O) groups is 5. The molecular weight excluding hydrogens is 593 g/mol. The van der Waals surface area contributed by atoms with Crippen LogP contribution in [0.5, 0.6) is 0 Å². The van der Waals surface area contributed by atoms with Crippen molar-refractivity contribution >= 4 is 29.7 Å². The molecule has 5 amide bonds. The number of ether oxygens (including phenoxy) is 1. The number of rotatable bonds is 10. The van der Waals surface area contributed by atoms with Crippen LogP contribution in [0.1, 0.15) is 49.8 Å². The van der Waals surface area contributed by atoms with Crippen LogP contribution in [0.3, 0.4) is 0 Å². The van der Waals surface area contributed by atoms with Crippen LogP contribution in [0.25, 0.3) is 0 Å². The molecule has 0 aromatic heterocycles. The van der Waals surface area contributed by atoms with Gasteiger partial charge in [-0.1, -0.05) is 68.0 Å². The summed E-state index contributed by atoms with van der Waals surface area (Å²) in [7, 11) is 1.23. The number of nitrogens with one attached hydrogen (secondary N) is 5. The van der Waals surface area contributed by atoms with Crippen molar-refractivity contribution in [2.45, 2.75) is 77.0 Å². The number of benzene rings is 2. The number of esters is 1. The number of halogens is 1. The van der Waals surface area contributed by atoms with Gasteiger partial charge in [0.15, 0.2) is 0 Å². The fourth-order valence-corrected chi connectivity index (χ4v) is 5.09. The van der Waals surface area contributed by atoms with E-state index in [1.807, 2.05) is 31.2 Å². The van der Waals surface area contributed by atoms with Crippen molar-refractivity contribution in [1.82, 2.24) is 26.6 Å². The van der Waals surface area contributed by atoms with Crippen molar-refractivity contribution < 1.29 is 33.1 Å². The Kier molecular flexibility index (Phi) is 13.7. The third kappa shape index (κ3) is 11.3. The largest absolute Gasteiger partial charge is 0.467 e. The molecule has 5 N–H and O–H groups in total. The highest BCUT2D eigenvalue weighted by atomic mass is 19.1. The lowest BCUT2D eigenvalue weighted by atomic mass is 10.0. The van der Waals surface area contributed by atoms with Crippen LogP contribution in [-0.4, -0.2) is 67.5 Å². The topological polar surface area (TPSA) is 155 Å². The van der Waals surface area contributed by atoms with Gasteiger partial charge in [-0.15, -0.1) is 0 Å². The molecular formula is C34H44FN5O6. The van der Waals surface area contributed by atoms with E-state index >= 15 is 0 Å². The fourth-order valence-electron chi connectivity index (χ4n) is 5.09. The Morgan fingerprint density at radius 2 is 1.80 bits per heavy atom. The maximum absolute atomic E-state index is 14.5. The van der Waals surface area contributed by atoms with E-state index < -0.39 is 53.8 Å². The Bertz CT molecular complexity index is 1410. The van der Waals surface area contributed by atoms with Gasteiger partial charge in [-0.2, -0.15) is 0 Å². The molecule has 0 aliphatic carbocycles. The molecule has 0 bridgehead atoms. The minimum atomic E-state index is -1.10. The first-order valence-corrected chi connectivity index (χ1v) is 15.5. The van der Waals surface area contributed by atoms with E-state index in [9.17, 15) is 28.4 Å². The summed E-state index contributed by atoms with van der Waals surface area (Å²) in [5, 5.41) is 13.7. The lowest BCUT2D eigenvalue weighted by molar-refractivity contribution is -0.144. The molecule has 3 rings (SSSR count). The first-order valence-electron chi connectivity index (χ1n) is 15.5. The molecule has 0 spiro atoms. The Morgan fingerprint density at radius 1 is 1.04 bits per heavy atom. The first-order chi connectivity index (χ1) is 22.0. The normalized spacial score (nSPS) is 19.3. The van der Waals surface area contributed by atoms with Gasteiger partial charge in [0.25, 0.3) is 0 Å². The highest BCUT2D eigenvalue weighted by Gasteiger charge is 2.30. The average molecular weight is 638 g/mol. The van der Waals surface area contributed by atoms with Crippen LogP contribution < -0.4 is 26.6 Å². The third-order valence-electron chi connectivity index (χ3n) is 7.61. The molecule has 0 saturated carbocycles. The number of carbonyl (C=O) groups excluding carboxylic acids is 5. The molecule has 11 nitrogen and oxygen atoms in total. The van der Waals surface area contributed by atoms with Gasteiger partial charge in [-0.25, -0.2) is 14.0 Å². The number of amides is 5. The molecule has 1 aliphatic rings. The second-order valence-electron chi connectivity index (χ2n) is 11.7. The molecule has 12 heteroatoms. The second-order valence-corrected chi connectivity index (χ2v) is 11.7. The Morgan fingerprint density at radius 3 is 2.50 bits per heavy atom. The van der Waals surface area contributed by atoms with Crippen molar-refractivity contribution in [3.63, 3.8) is 0 Å². The summed E-state index contributed by atoms with van der Waals surface area (Å²) in [6.45, 7) is 5.78. The quantitative estimate of drug-likeness (QED) is 0.253. The second kappa shape index (κ2) is 17.7. The van der Waals surface area contributed by atoms with Gasteiger partial charge in [-0.05, 0) is 55.7 Å². The van der Waals surface area contributed by atoms with Crippen LogP contribution in [-0.2, 0) is 36.8 Å². The molecule has 1 heterocycles. The van der Waals surface area contributed by atoms with Crippen LogP contribution in [0.4, 0.5) is 9.18 Å². The first kappa shape index (κ1) is 35.7. The summed E-state index contributed by atoms with van der Waals surface area (Å²) in [6, 6.07) is 9.12. The summed E-state index contributed by atoms with van der Waals surface area (Å²) >= 11 is 0. The molecule has 2 unspecified atom stereocenters. The minimum absolute atomic E-state index is 0.0811. The molecule has 0 radical (unpaired) electrons. The van der Waals surface area contributed by atoms with Crippen LogP contribution in [0, 0.1) is 18.7 Å². The van der Waals surface area contributed by atoms with E-state index in [-0.39, 0.29) is 31.1 Å². The maximum Gasteiger partial charge on any atom is 0.328 e. The molecule has 2 aromatic carbocycles. The van der Waals surface area contributed by atoms with Crippen LogP contribution in [0.2, 0.25) is 0 Å². The standard InChI is InChI=1S/C34H44FN5O6/c1-21(2)30(33(44)46-4)40-34(45)39-28(19-23-11-9-10-22(3)18-23)32(43)38-27-14-7-8-17-36-29(41)16-15-25(37-31(27)42)20-24-12-5-6-13-26(24)35/h5-6,9-13,15-16,18,21,25,27-28,30H,7-8,14,17,19-20H2,1-4H3,(H,36,41)(H,37,42)(H,38,43)(H2,39,40,45)/b16-15+/t25-,27+,28?,30?/m1/s1. The summed E-state index contributed by atoms with van der Waals surface area (Å²) in [6.07, 6.45) is 4.33. The van der Waals surface area contributed by atoms with Gasteiger partial charge >= 0.3 is 12.0 Å². The zero-order valence-corrected chi connectivity index (χ0v) is 26.7. The molecule has 4 atom stereocenters. The predicted octanol–water partition coefficient (Wildman–Crippen LogP) is 2.61. The van der Waals surface area contributed by atoms with Crippen molar-refractivity contribution in [1.29, 1.82) is 0 Å². The highest BCUT2D eigenvalue weighted by molar-refractivity contribution is 5.93. The zero-order valence-electron chi connectivity index (χ0n) is 26.7. The van der Waals surface area contributed by atoms with E-state index in [4.69, 9.17) is 4.74 Å². The zero-order chi connectivity index (χ0) is 33.6. The van der Waals surface area contributed by atoms with Gasteiger partial charge in [0, 0.05) is 19.0 Å². The predicted molar refractivity (Wildman–Crippen MR) is 171 cm³/mol. The average Bonchev–Trinajstić information content (AvgIpc) is 3.01. The van der Waals surface area contributed by atoms with Crippen molar-refractivity contribution in [2.75, 3.05) is 13.7 Å². The monoisotopic (exact) mass is 637 g/mol. The Labute approximate surface area is 269 Å². The van der Waals surface area contributed by atoms with E-state index in [2.05, 4.69) is 26.6 Å². The van der Waals surface area contributed by atoms with Crippen molar-refractivity contribution in [3.05, 3.63) is 83.2 Å². The maximum atomic E-state index is 14.5. The lowest BCUT2D eigenvalue weighted by Gasteiger charge is -2.26. The van der Waals surface area contributed by atoms with Gasteiger partial charge in [-0.3, -0.25) is 14.4 Å². The van der Waals surface area contributed by atoms with Gasteiger partial charge in [0.2, 0.25) is 17.7 Å². The van der Waals surface area contributed by atoms with Gasteiger partial charge in [0.1, 0.15) is 23.9 Å². The summed E-state index contributed by atoms with van der Waals surface area (Å²) in [5.41, 5.74) is 2.10. The van der Waals surface area contributed by atoms with Crippen molar-refractivity contribution in [3.8, 4) is 0 Å². The highest BCUT2D eigenvalue weighted by Crippen LogP contribution is 2.13. The summed E-state index contributed by atoms with van der Waals surface area (Å²) in [4.78, 5) is 64.9. The molecule has 2 aromatic rings. The SMILES string of the molecule is COC(=O)C(NC(=O)NC(Cc1cccc(C)c1)C(=O)N[C@H]1CCCCNC(=O)/C=C/[C@H](Cc2ccccc2F)NC1=O)C(C)C. The van der Waals surface area contributed by atoms with Crippen LogP contribution in [0.15, 0.2) is 60.7 Å². The molecule has 46 heavy (non-hydrogen) atoms. The minimum Gasteiger partial charge on any atom is -0.467 e. The number of aryl methyl sites for hydroxylation is 1. The number of hydrogen-bond acceptors (Lipinski definition) is 6. The molecule has 1 aliphatic heterocycles. The van der Waals surface area contributed by atoms with E-state index in [1.54, 1.807) is 32.0 Å². The van der Waals surface area contributed by atoms with E-state index in [0.717, 1.165) is 11.1 Å². The fraction of sp³-hybridized carbons (Fsp3) is 0.441. The van der Waals surface area contributed by atoms with Crippen LogP contribution >= 0.6 is 0 Å². The number of hydrogen-bond donors (Lipinski definition) is 5. The number of urea groups is 1. The molecule has 0 saturated heterocycles. The van der Waals surface area contributed by atoms with Crippen molar-refractivity contribution in [2.24, 2.45) is 5.92 Å². The smallest absolute Gasteiger partial charge is 0.328 e. The molecule has 248 valence electrons. The Balaban J connectivity index is 1.83. The van der Waals surface area contributed by atoms with Gasteiger partial charge in [0.05, 0.1) is 13.2 Å². The lowest BCUT2D eigenvalue weighted by Crippen LogP contribution is -2.58. The molecule has 0 fully saturated rings.